The number of amides is 2. The molecule has 11 heteroatoms. The average molecular weight is 515 g/mol. The lowest BCUT2D eigenvalue weighted by Gasteiger charge is -2.31. The summed E-state index contributed by atoms with van der Waals surface area (Å²) in [6, 6.07) is 8.62. The minimum absolute atomic E-state index is 0.175. The van der Waals surface area contributed by atoms with Gasteiger partial charge in [-0.2, -0.15) is 10.2 Å². The van der Waals surface area contributed by atoms with Crippen LogP contribution in [0, 0.1) is 6.92 Å². The van der Waals surface area contributed by atoms with Gasteiger partial charge in [-0.3, -0.25) is 9.59 Å². The lowest BCUT2D eigenvalue weighted by atomic mass is 10.1. The summed E-state index contributed by atoms with van der Waals surface area (Å²) in [4.78, 5) is 32.6. The molecule has 1 aliphatic heterocycles. The van der Waals surface area contributed by atoms with E-state index in [1.54, 1.807) is 40.0 Å². The molecule has 0 saturated carbocycles. The molecule has 1 N–H and O–H groups in total. The van der Waals surface area contributed by atoms with E-state index >= 15 is 0 Å². The predicted octanol–water partition coefficient (Wildman–Crippen LogP) is 3.74. The van der Waals surface area contributed by atoms with Crippen LogP contribution in [0.3, 0.4) is 0 Å². The number of hydrogen-bond acceptors (Lipinski definition) is 5. The monoisotopic (exact) mass is 513 g/mol. The minimum Gasteiger partial charge on any atom is -0.337 e. The van der Waals surface area contributed by atoms with Crippen LogP contribution >= 0.6 is 27.5 Å². The Morgan fingerprint density at radius 3 is 2.72 bits per heavy atom. The first-order valence-electron chi connectivity index (χ1n) is 9.88. The predicted molar refractivity (Wildman–Crippen MR) is 122 cm³/mol. The number of hydrogen-bond donors (Lipinski definition) is 1. The fourth-order valence-corrected chi connectivity index (χ4v) is 4.18. The Morgan fingerprint density at radius 2 is 2.00 bits per heavy atom. The number of fused-ring (bicyclic) bond motifs is 1. The van der Waals surface area contributed by atoms with Gasteiger partial charge in [-0.25, -0.2) is 14.2 Å². The van der Waals surface area contributed by atoms with Crippen LogP contribution in [0.5, 0.6) is 0 Å². The highest BCUT2D eigenvalue weighted by molar-refractivity contribution is 9.10. The highest BCUT2D eigenvalue weighted by atomic mass is 79.9. The maximum Gasteiger partial charge on any atom is 0.274 e. The van der Waals surface area contributed by atoms with Crippen LogP contribution < -0.4 is 5.32 Å². The van der Waals surface area contributed by atoms with Gasteiger partial charge in [0.2, 0.25) is 0 Å². The van der Waals surface area contributed by atoms with Crippen molar-refractivity contribution in [2.75, 3.05) is 18.4 Å². The van der Waals surface area contributed by atoms with E-state index in [1.807, 2.05) is 19.1 Å². The van der Waals surface area contributed by atoms with Gasteiger partial charge < -0.3 is 10.2 Å². The van der Waals surface area contributed by atoms with E-state index in [2.05, 4.69) is 36.4 Å². The fraction of sp³-hybridized carbons (Fsp3) is 0.190. The molecule has 1 aliphatic rings. The van der Waals surface area contributed by atoms with Crippen LogP contribution in [0.4, 0.5) is 5.69 Å². The second-order valence-corrected chi connectivity index (χ2v) is 8.61. The van der Waals surface area contributed by atoms with E-state index in [9.17, 15) is 9.59 Å². The third kappa shape index (κ3) is 3.45. The van der Waals surface area contributed by atoms with Crippen molar-refractivity contribution in [2.45, 2.75) is 13.3 Å². The van der Waals surface area contributed by atoms with E-state index in [4.69, 9.17) is 11.6 Å². The molecule has 0 aromatic carbocycles. The van der Waals surface area contributed by atoms with Gasteiger partial charge in [0.15, 0.2) is 11.5 Å². The first-order valence-corrected chi connectivity index (χ1v) is 11.1. The summed E-state index contributed by atoms with van der Waals surface area (Å²) in [7, 11) is 0. The molecule has 0 atom stereocenters. The van der Waals surface area contributed by atoms with Gasteiger partial charge in [0, 0.05) is 25.4 Å². The van der Waals surface area contributed by atoms with Crippen molar-refractivity contribution in [3.05, 3.63) is 69.3 Å². The van der Waals surface area contributed by atoms with Crippen molar-refractivity contribution in [1.82, 2.24) is 29.3 Å². The summed E-state index contributed by atoms with van der Waals surface area (Å²) >= 11 is 9.59. The third-order valence-corrected chi connectivity index (χ3v) is 6.00. The lowest BCUT2D eigenvalue weighted by molar-refractivity contribution is 0.0644. The van der Waals surface area contributed by atoms with Crippen molar-refractivity contribution in [2.24, 2.45) is 0 Å². The molecule has 1 fully saturated rings. The zero-order valence-electron chi connectivity index (χ0n) is 16.9. The zero-order chi connectivity index (χ0) is 22.4. The Hall–Kier alpha value is -3.24. The summed E-state index contributed by atoms with van der Waals surface area (Å²) < 4.78 is 3.37. The molecule has 1 saturated heterocycles. The summed E-state index contributed by atoms with van der Waals surface area (Å²) in [5.74, 6) is -0.315. The number of carbonyl (C=O) groups is 2. The molecule has 0 unspecified atom stereocenters. The van der Waals surface area contributed by atoms with Crippen molar-refractivity contribution in [3.8, 4) is 5.82 Å². The topological polar surface area (TPSA) is 97.4 Å². The standard InChI is InChI=1S/C21H17BrClN7O2/c1-12-10-13-5-7-25-29(13)18(21(32)28-8-3-9-28)17(12)26-20(31)15-11-16(22)27-30(15)19-14(23)4-2-6-24-19/h2,4-7,10-11H,3,8-9H2,1H3,(H,26,31). The number of pyridine rings is 2. The Labute approximate surface area is 196 Å². The van der Waals surface area contributed by atoms with Crippen LogP contribution in [0.25, 0.3) is 11.3 Å². The van der Waals surface area contributed by atoms with Gasteiger partial charge in [0.1, 0.15) is 10.3 Å². The lowest BCUT2D eigenvalue weighted by Crippen LogP contribution is -2.43. The van der Waals surface area contributed by atoms with Crippen molar-refractivity contribution in [1.29, 1.82) is 0 Å². The van der Waals surface area contributed by atoms with Gasteiger partial charge >= 0.3 is 0 Å². The van der Waals surface area contributed by atoms with Crippen molar-refractivity contribution in [3.63, 3.8) is 0 Å². The highest BCUT2D eigenvalue weighted by Gasteiger charge is 2.29. The zero-order valence-corrected chi connectivity index (χ0v) is 19.3. The minimum atomic E-state index is -0.461. The molecule has 0 aliphatic carbocycles. The number of nitrogens with one attached hydrogen (secondary N) is 1. The molecule has 5 rings (SSSR count). The maximum atomic E-state index is 13.4. The normalized spacial score (nSPS) is 13.3. The van der Waals surface area contributed by atoms with Gasteiger partial charge in [0.05, 0.1) is 22.4 Å². The quantitative estimate of drug-likeness (QED) is 0.447. The maximum absolute atomic E-state index is 13.4. The van der Waals surface area contributed by atoms with Crippen LogP contribution in [-0.2, 0) is 0 Å². The van der Waals surface area contributed by atoms with Gasteiger partial charge in [-0.15, -0.1) is 0 Å². The molecule has 162 valence electrons. The number of nitrogens with zero attached hydrogens (tertiary/aromatic N) is 6. The van der Waals surface area contributed by atoms with E-state index in [-0.39, 0.29) is 11.6 Å². The Balaban J connectivity index is 1.59. The number of aromatic nitrogens is 5. The molecular formula is C21H17BrClN7O2. The molecule has 0 radical (unpaired) electrons. The first kappa shape index (κ1) is 20.7. The summed E-state index contributed by atoms with van der Waals surface area (Å²) in [6.07, 6.45) is 4.15. The third-order valence-electron chi connectivity index (χ3n) is 5.32. The molecule has 0 bridgehead atoms. The molecule has 2 amide bonds. The second kappa shape index (κ2) is 8.03. The van der Waals surface area contributed by atoms with E-state index < -0.39 is 5.91 Å². The summed E-state index contributed by atoms with van der Waals surface area (Å²) in [5, 5.41) is 11.9. The molecule has 9 nitrogen and oxygen atoms in total. The molecule has 0 spiro atoms. The van der Waals surface area contributed by atoms with E-state index in [0.29, 0.717) is 39.9 Å². The average Bonchev–Trinajstić information content (AvgIpc) is 3.33. The molecule has 4 aromatic rings. The van der Waals surface area contributed by atoms with E-state index in [0.717, 1.165) is 17.5 Å². The number of aryl methyl sites for hydroxylation is 1. The van der Waals surface area contributed by atoms with Crippen LogP contribution in [0.1, 0.15) is 33.0 Å². The first-order chi connectivity index (χ1) is 15.4. The smallest absolute Gasteiger partial charge is 0.274 e. The van der Waals surface area contributed by atoms with Gasteiger partial charge in [-0.1, -0.05) is 11.6 Å². The number of halogens is 2. The molecule has 32 heavy (non-hydrogen) atoms. The number of carbonyl (C=O) groups excluding carboxylic acids is 2. The van der Waals surface area contributed by atoms with Crippen molar-refractivity contribution < 1.29 is 9.59 Å². The largest absolute Gasteiger partial charge is 0.337 e. The molecular weight excluding hydrogens is 498 g/mol. The highest BCUT2D eigenvalue weighted by Crippen LogP contribution is 2.28. The molecule has 4 aromatic heterocycles. The van der Waals surface area contributed by atoms with Crippen LogP contribution in [0.15, 0.2) is 47.3 Å². The number of anilines is 1. The SMILES string of the molecule is Cc1cc2ccnn2c(C(=O)N2CCC2)c1NC(=O)c1cc(Br)nn1-c1ncccc1Cl. The van der Waals surface area contributed by atoms with Gasteiger partial charge in [0.25, 0.3) is 11.8 Å². The number of rotatable bonds is 4. The second-order valence-electron chi connectivity index (χ2n) is 7.39. The Bertz CT molecular complexity index is 1380. The van der Waals surface area contributed by atoms with Crippen LogP contribution in [-0.4, -0.2) is 54.2 Å². The summed E-state index contributed by atoms with van der Waals surface area (Å²) in [6.45, 7) is 3.21. The van der Waals surface area contributed by atoms with E-state index in [1.165, 1.54) is 4.68 Å². The van der Waals surface area contributed by atoms with Crippen LogP contribution in [0.2, 0.25) is 5.02 Å². The Morgan fingerprint density at radius 1 is 1.19 bits per heavy atom. The Kier molecular flexibility index (Phi) is 5.18. The molecule has 5 heterocycles. The number of likely N-dealkylation sites (tertiary alicyclic amines) is 1. The summed E-state index contributed by atoms with van der Waals surface area (Å²) in [5.41, 5.74) is 2.45. The van der Waals surface area contributed by atoms with Crippen molar-refractivity contribution >= 4 is 50.5 Å². The van der Waals surface area contributed by atoms with Gasteiger partial charge in [-0.05, 0) is 59.1 Å². The fourth-order valence-electron chi connectivity index (χ4n) is 3.61.